The fraction of sp³-hybridized carbons (Fsp3) is 0.100. The lowest BCUT2D eigenvalue weighted by Crippen LogP contribution is -1.77. The van der Waals surface area contributed by atoms with Gasteiger partial charge in [0.1, 0.15) is 0 Å². The zero-order chi connectivity index (χ0) is 7.40. The van der Waals surface area contributed by atoms with E-state index in [4.69, 9.17) is 6.58 Å². The number of benzene rings is 1. The maximum absolute atomic E-state index is 5.65. The van der Waals surface area contributed by atoms with Crippen LogP contribution in [0, 0.1) is 13.5 Å². The van der Waals surface area contributed by atoms with Crippen molar-refractivity contribution in [2.75, 3.05) is 0 Å². The molecule has 0 N–H and O–H groups in total. The molecule has 0 spiro atoms. The average Bonchev–Trinajstić information content (AvgIpc) is 2.05. The second-order valence-electron chi connectivity index (χ2n) is 2.14. The van der Waals surface area contributed by atoms with E-state index in [9.17, 15) is 0 Å². The SMILES string of the molecule is [CH]=C(C[CH2])c1ccccc1. The summed E-state index contributed by atoms with van der Waals surface area (Å²) < 4.78 is 0. The van der Waals surface area contributed by atoms with Crippen LogP contribution in [0.3, 0.4) is 0 Å². The van der Waals surface area contributed by atoms with Gasteiger partial charge < -0.3 is 0 Å². The highest BCUT2D eigenvalue weighted by Gasteiger charge is 1.91. The molecule has 0 fully saturated rings. The Morgan fingerprint density at radius 2 is 1.90 bits per heavy atom. The molecular formula is C10H10. The number of rotatable bonds is 2. The molecular weight excluding hydrogens is 120 g/mol. The fourth-order valence-electron chi connectivity index (χ4n) is 0.797. The molecule has 2 radical (unpaired) electrons. The van der Waals surface area contributed by atoms with Crippen LogP contribution in [-0.2, 0) is 0 Å². The Bertz CT molecular complexity index is 209. The lowest BCUT2D eigenvalue weighted by Gasteiger charge is -1.99. The van der Waals surface area contributed by atoms with E-state index in [2.05, 4.69) is 6.92 Å². The third kappa shape index (κ3) is 1.47. The van der Waals surface area contributed by atoms with Gasteiger partial charge in [-0.1, -0.05) is 36.9 Å². The number of hydrogen-bond donors (Lipinski definition) is 0. The van der Waals surface area contributed by atoms with Crippen LogP contribution in [0.5, 0.6) is 0 Å². The normalized spacial score (nSPS) is 9.30. The lowest BCUT2D eigenvalue weighted by atomic mass is 10.1. The largest absolute Gasteiger partial charge is 0.0622 e. The van der Waals surface area contributed by atoms with Crippen molar-refractivity contribution in [3.8, 4) is 0 Å². The van der Waals surface area contributed by atoms with Gasteiger partial charge in [0.25, 0.3) is 0 Å². The van der Waals surface area contributed by atoms with E-state index in [1.54, 1.807) is 0 Å². The maximum atomic E-state index is 5.65. The Kier molecular flexibility index (Phi) is 2.27. The number of hydrogen-bond acceptors (Lipinski definition) is 0. The predicted octanol–water partition coefficient (Wildman–Crippen LogP) is 2.73. The average molecular weight is 130 g/mol. The van der Waals surface area contributed by atoms with Gasteiger partial charge in [-0.3, -0.25) is 0 Å². The van der Waals surface area contributed by atoms with E-state index in [0.29, 0.717) is 6.42 Å². The summed E-state index contributed by atoms with van der Waals surface area (Å²) in [7, 11) is 0. The first kappa shape index (κ1) is 7.07. The highest BCUT2D eigenvalue weighted by molar-refractivity contribution is 5.61. The molecule has 0 atom stereocenters. The summed E-state index contributed by atoms with van der Waals surface area (Å²) in [6.07, 6.45) is 0.671. The maximum Gasteiger partial charge on any atom is -0.0225 e. The summed E-state index contributed by atoms with van der Waals surface area (Å²) >= 11 is 0. The van der Waals surface area contributed by atoms with Gasteiger partial charge in [-0.25, -0.2) is 0 Å². The minimum Gasteiger partial charge on any atom is -0.0622 e. The Balaban J connectivity index is 2.85. The van der Waals surface area contributed by atoms with Crippen LogP contribution in [0.1, 0.15) is 12.0 Å². The third-order valence-electron chi connectivity index (χ3n) is 1.41. The van der Waals surface area contributed by atoms with Crippen molar-refractivity contribution in [3.05, 3.63) is 49.4 Å². The van der Waals surface area contributed by atoms with Gasteiger partial charge in [0.15, 0.2) is 0 Å². The molecule has 0 saturated heterocycles. The molecule has 1 aromatic rings. The van der Waals surface area contributed by atoms with Crippen molar-refractivity contribution in [3.63, 3.8) is 0 Å². The van der Waals surface area contributed by atoms with Gasteiger partial charge in [0, 0.05) is 0 Å². The minimum absolute atomic E-state index is 0.671. The molecule has 10 heavy (non-hydrogen) atoms. The molecule has 0 saturated carbocycles. The van der Waals surface area contributed by atoms with Crippen LogP contribution in [0.25, 0.3) is 5.57 Å². The summed E-state index contributed by atoms with van der Waals surface area (Å²) in [6, 6.07) is 9.89. The molecule has 0 aliphatic rings. The minimum atomic E-state index is 0.671. The van der Waals surface area contributed by atoms with E-state index in [-0.39, 0.29) is 0 Å². The molecule has 50 valence electrons. The van der Waals surface area contributed by atoms with Gasteiger partial charge >= 0.3 is 0 Å². The topological polar surface area (TPSA) is 0 Å². The Morgan fingerprint density at radius 1 is 1.30 bits per heavy atom. The zero-order valence-corrected chi connectivity index (χ0v) is 5.88. The molecule has 0 nitrogen and oxygen atoms in total. The molecule has 0 amide bonds. The summed E-state index contributed by atoms with van der Waals surface area (Å²) in [6.45, 7) is 9.35. The quantitative estimate of drug-likeness (QED) is 0.577. The third-order valence-corrected chi connectivity index (χ3v) is 1.41. The molecule has 1 aromatic carbocycles. The van der Waals surface area contributed by atoms with Crippen molar-refractivity contribution in [1.29, 1.82) is 0 Å². The fourth-order valence-corrected chi connectivity index (χ4v) is 0.797. The lowest BCUT2D eigenvalue weighted by molar-refractivity contribution is 1.40. The van der Waals surface area contributed by atoms with Crippen molar-refractivity contribution in [2.24, 2.45) is 0 Å². The Morgan fingerprint density at radius 3 is 2.40 bits per heavy atom. The first-order valence-electron chi connectivity index (χ1n) is 3.30. The molecule has 0 bridgehead atoms. The number of allylic oxidation sites excluding steroid dienone is 1. The van der Waals surface area contributed by atoms with E-state index < -0.39 is 0 Å². The summed E-state index contributed by atoms with van der Waals surface area (Å²) in [5.41, 5.74) is 1.93. The van der Waals surface area contributed by atoms with E-state index in [1.807, 2.05) is 30.3 Å². The zero-order valence-electron chi connectivity index (χ0n) is 5.88. The van der Waals surface area contributed by atoms with Crippen LogP contribution >= 0.6 is 0 Å². The monoisotopic (exact) mass is 130 g/mol. The van der Waals surface area contributed by atoms with Gasteiger partial charge in [0.05, 0.1) is 0 Å². The van der Waals surface area contributed by atoms with Crippen molar-refractivity contribution in [1.82, 2.24) is 0 Å². The van der Waals surface area contributed by atoms with E-state index in [1.165, 1.54) is 0 Å². The second-order valence-corrected chi connectivity index (χ2v) is 2.14. The van der Waals surface area contributed by atoms with Crippen molar-refractivity contribution >= 4 is 5.57 Å². The van der Waals surface area contributed by atoms with Crippen LogP contribution in [-0.4, -0.2) is 0 Å². The second kappa shape index (κ2) is 3.21. The van der Waals surface area contributed by atoms with Crippen LogP contribution in [0.4, 0.5) is 0 Å². The standard InChI is InChI=1S/C10H10/c1-3-9(2)10-7-5-4-6-8-10/h2,4-8H,1,3H2. The molecule has 0 aromatic heterocycles. The highest BCUT2D eigenvalue weighted by Crippen LogP contribution is 2.13. The van der Waals surface area contributed by atoms with Crippen LogP contribution < -0.4 is 0 Å². The van der Waals surface area contributed by atoms with E-state index >= 15 is 0 Å². The Hall–Kier alpha value is -1.04. The summed E-state index contributed by atoms with van der Waals surface area (Å²) in [5.74, 6) is 0. The molecule has 0 aliphatic carbocycles. The van der Waals surface area contributed by atoms with Crippen molar-refractivity contribution < 1.29 is 0 Å². The van der Waals surface area contributed by atoms with Crippen LogP contribution in [0.15, 0.2) is 30.3 Å². The molecule has 1 rings (SSSR count). The smallest absolute Gasteiger partial charge is 0.0225 e. The predicted molar refractivity (Wildman–Crippen MR) is 44.1 cm³/mol. The van der Waals surface area contributed by atoms with Gasteiger partial charge in [0.2, 0.25) is 0 Å². The van der Waals surface area contributed by atoms with Gasteiger partial charge in [-0.05, 0) is 24.5 Å². The first-order chi connectivity index (χ1) is 4.84. The highest BCUT2D eigenvalue weighted by atomic mass is 14.0. The molecule has 0 aliphatic heterocycles. The van der Waals surface area contributed by atoms with Gasteiger partial charge in [-0.2, -0.15) is 0 Å². The van der Waals surface area contributed by atoms with E-state index in [0.717, 1.165) is 11.1 Å². The summed E-state index contributed by atoms with van der Waals surface area (Å²) in [5, 5.41) is 0. The summed E-state index contributed by atoms with van der Waals surface area (Å²) in [4.78, 5) is 0. The van der Waals surface area contributed by atoms with Crippen LogP contribution in [0.2, 0.25) is 0 Å². The van der Waals surface area contributed by atoms with Gasteiger partial charge in [-0.15, -0.1) is 0 Å². The Labute approximate surface area is 62.2 Å². The molecule has 0 unspecified atom stereocenters. The first-order valence-corrected chi connectivity index (χ1v) is 3.30. The molecule has 0 heterocycles. The molecule has 0 heteroatoms. The van der Waals surface area contributed by atoms with Crippen molar-refractivity contribution in [2.45, 2.75) is 6.42 Å².